The molecule has 0 heterocycles. The minimum atomic E-state index is -1.05. The van der Waals surface area contributed by atoms with Gasteiger partial charge in [0.15, 0.2) is 0 Å². The number of ether oxygens (including phenoxy) is 1. The van der Waals surface area contributed by atoms with Crippen molar-refractivity contribution in [2.75, 3.05) is 13.2 Å². The SMILES string of the molecule is CCC(CNC(=O)OCC1c2ccccc2-c2ccccc21)CC(=O)N[C@@H](C(=O)O)C(C)C. The highest BCUT2D eigenvalue weighted by molar-refractivity contribution is 5.84. The van der Waals surface area contributed by atoms with Crippen molar-refractivity contribution in [3.8, 4) is 11.1 Å². The zero-order valence-corrected chi connectivity index (χ0v) is 19.3. The Bertz CT molecular complexity index is 958. The number of aliphatic carboxylic acids is 1. The van der Waals surface area contributed by atoms with Crippen molar-refractivity contribution < 1.29 is 24.2 Å². The molecule has 1 unspecified atom stereocenters. The van der Waals surface area contributed by atoms with Gasteiger partial charge in [0, 0.05) is 18.9 Å². The zero-order chi connectivity index (χ0) is 24.0. The Balaban J connectivity index is 1.51. The molecule has 7 nitrogen and oxygen atoms in total. The van der Waals surface area contributed by atoms with E-state index >= 15 is 0 Å². The summed E-state index contributed by atoms with van der Waals surface area (Å²) in [5.41, 5.74) is 4.63. The van der Waals surface area contributed by atoms with Crippen LogP contribution < -0.4 is 10.6 Å². The fourth-order valence-corrected chi connectivity index (χ4v) is 4.25. The summed E-state index contributed by atoms with van der Waals surface area (Å²) in [5.74, 6) is -1.74. The molecule has 33 heavy (non-hydrogen) atoms. The van der Waals surface area contributed by atoms with E-state index in [9.17, 15) is 19.5 Å². The summed E-state index contributed by atoms with van der Waals surface area (Å²) >= 11 is 0. The van der Waals surface area contributed by atoms with E-state index in [0.29, 0.717) is 6.42 Å². The molecular weight excluding hydrogens is 420 g/mol. The van der Waals surface area contributed by atoms with Crippen molar-refractivity contribution >= 4 is 18.0 Å². The van der Waals surface area contributed by atoms with E-state index in [1.807, 2.05) is 31.2 Å². The molecule has 0 saturated carbocycles. The number of rotatable bonds is 10. The van der Waals surface area contributed by atoms with Crippen LogP contribution in [0.5, 0.6) is 0 Å². The Kier molecular flexibility index (Phi) is 8.09. The number of benzene rings is 2. The van der Waals surface area contributed by atoms with Gasteiger partial charge in [0.05, 0.1) is 0 Å². The number of amides is 2. The number of carboxylic acids is 1. The predicted octanol–water partition coefficient (Wildman–Crippen LogP) is 4.17. The number of fused-ring (bicyclic) bond motifs is 3. The van der Waals surface area contributed by atoms with Crippen LogP contribution in [0.1, 0.15) is 50.7 Å². The van der Waals surface area contributed by atoms with Crippen LogP contribution in [0.25, 0.3) is 11.1 Å². The molecule has 176 valence electrons. The van der Waals surface area contributed by atoms with E-state index < -0.39 is 18.1 Å². The van der Waals surface area contributed by atoms with Crippen LogP contribution in [-0.4, -0.2) is 42.3 Å². The third-order valence-electron chi connectivity index (χ3n) is 6.18. The van der Waals surface area contributed by atoms with Gasteiger partial charge in [-0.15, -0.1) is 0 Å². The van der Waals surface area contributed by atoms with Crippen molar-refractivity contribution in [1.29, 1.82) is 0 Å². The van der Waals surface area contributed by atoms with Crippen LogP contribution in [0.2, 0.25) is 0 Å². The monoisotopic (exact) mass is 452 g/mol. The van der Waals surface area contributed by atoms with E-state index in [0.717, 1.165) is 11.1 Å². The first kappa shape index (κ1) is 24.3. The molecule has 2 atom stereocenters. The second kappa shape index (κ2) is 11.0. The molecule has 7 heteroatoms. The first-order valence-electron chi connectivity index (χ1n) is 11.4. The van der Waals surface area contributed by atoms with E-state index in [-0.39, 0.29) is 43.2 Å². The summed E-state index contributed by atoms with van der Waals surface area (Å²) in [6.45, 7) is 5.92. The molecule has 0 aliphatic heterocycles. The van der Waals surface area contributed by atoms with Crippen molar-refractivity contribution in [1.82, 2.24) is 10.6 Å². The molecule has 0 aromatic heterocycles. The van der Waals surface area contributed by atoms with E-state index in [4.69, 9.17) is 4.74 Å². The summed E-state index contributed by atoms with van der Waals surface area (Å²) < 4.78 is 5.54. The molecule has 0 fully saturated rings. The number of carbonyl (C=O) groups excluding carboxylic acids is 2. The summed E-state index contributed by atoms with van der Waals surface area (Å²) in [7, 11) is 0. The lowest BCUT2D eigenvalue weighted by Crippen LogP contribution is -2.45. The highest BCUT2D eigenvalue weighted by Crippen LogP contribution is 2.44. The van der Waals surface area contributed by atoms with E-state index in [1.54, 1.807) is 13.8 Å². The maximum absolute atomic E-state index is 12.4. The zero-order valence-electron chi connectivity index (χ0n) is 19.3. The number of nitrogens with one attached hydrogen (secondary N) is 2. The Morgan fingerprint density at radius 1 is 1.00 bits per heavy atom. The lowest BCUT2D eigenvalue weighted by molar-refractivity contribution is -0.143. The molecular formula is C26H32N2O5. The first-order valence-corrected chi connectivity index (χ1v) is 11.4. The van der Waals surface area contributed by atoms with Crippen LogP contribution >= 0.6 is 0 Å². The topological polar surface area (TPSA) is 105 Å². The molecule has 0 spiro atoms. The molecule has 2 amide bonds. The van der Waals surface area contributed by atoms with Crippen molar-refractivity contribution in [3.63, 3.8) is 0 Å². The molecule has 2 aromatic rings. The fraction of sp³-hybridized carbons (Fsp3) is 0.423. The Hall–Kier alpha value is -3.35. The summed E-state index contributed by atoms with van der Waals surface area (Å²) in [5, 5.41) is 14.6. The highest BCUT2D eigenvalue weighted by atomic mass is 16.5. The maximum atomic E-state index is 12.4. The Labute approximate surface area is 194 Å². The molecule has 2 aromatic carbocycles. The van der Waals surface area contributed by atoms with Gasteiger partial charge >= 0.3 is 12.1 Å². The number of carboxylic acid groups (broad SMARTS) is 1. The molecule has 0 saturated heterocycles. The normalized spacial score (nSPS) is 14.2. The van der Waals surface area contributed by atoms with Crippen LogP contribution in [0, 0.1) is 11.8 Å². The quantitative estimate of drug-likeness (QED) is 0.502. The van der Waals surface area contributed by atoms with Gasteiger partial charge in [0.2, 0.25) is 5.91 Å². The van der Waals surface area contributed by atoms with E-state index in [1.165, 1.54) is 11.1 Å². The molecule has 3 N–H and O–H groups in total. The van der Waals surface area contributed by atoms with Crippen molar-refractivity contribution in [2.45, 2.75) is 45.6 Å². The summed E-state index contributed by atoms with van der Waals surface area (Å²) in [6.07, 6.45) is 0.272. The number of hydrogen-bond acceptors (Lipinski definition) is 4. The van der Waals surface area contributed by atoms with Gasteiger partial charge in [0.25, 0.3) is 0 Å². The van der Waals surface area contributed by atoms with Gasteiger partial charge < -0.3 is 20.5 Å². The molecule has 0 radical (unpaired) electrons. The largest absolute Gasteiger partial charge is 0.480 e. The fourth-order valence-electron chi connectivity index (χ4n) is 4.25. The average molecular weight is 453 g/mol. The van der Waals surface area contributed by atoms with Gasteiger partial charge in [-0.1, -0.05) is 75.7 Å². The Morgan fingerprint density at radius 2 is 1.58 bits per heavy atom. The van der Waals surface area contributed by atoms with Crippen LogP contribution in [0.4, 0.5) is 4.79 Å². The lowest BCUT2D eigenvalue weighted by atomic mass is 9.98. The van der Waals surface area contributed by atoms with Crippen molar-refractivity contribution in [3.05, 3.63) is 59.7 Å². The molecule has 1 aliphatic carbocycles. The smallest absolute Gasteiger partial charge is 0.407 e. The second-order valence-corrected chi connectivity index (χ2v) is 8.81. The van der Waals surface area contributed by atoms with Crippen molar-refractivity contribution in [2.24, 2.45) is 11.8 Å². The van der Waals surface area contributed by atoms with Gasteiger partial charge in [-0.2, -0.15) is 0 Å². The van der Waals surface area contributed by atoms with Gasteiger partial charge in [-0.25, -0.2) is 9.59 Å². The van der Waals surface area contributed by atoms with Gasteiger partial charge in [-0.3, -0.25) is 4.79 Å². The highest BCUT2D eigenvalue weighted by Gasteiger charge is 2.29. The van der Waals surface area contributed by atoms with Crippen LogP contribution in [-0.2, 0) is 14.3 Å². The molecule has 3 rings (SSSR count). The standard InChI is InChI=1S/C26H32N2O5/c1-4-17(13-23(29)28-24(16(2)3)25(30)31)14-27-26(32)33-15-22-20-11-7-5-9-18(20)19-10-6-8-12-21(19)22/h5-12,16-17,22,24H,4,13-15H2,1-3H3,(H,27,32)(H,28,29)(H,30,31)/t17?,24-/m1/s1. The first-order chi connectivity index (χ1) is 15.8. The maximum Gasteiger partial charge on any atom is 0.407 e. The van der Waals surface area contributed by atoms with Crippen LogP contribution in [0.15, 0.2) is 48.5 Å². The number of hydrogen-bond donors (Lipinski definition) is 3. The number of alkyl carbamates (subject to hydrolysis) is 1. The third-order valence-corrected chi connectivity index (χ3v) is 6.18. The minimum absolute atomic E-state index is 0.0140. The third kappa shape index (κ3) is 5.92. The predicted molar refractivity (Wildman–Crippen MR) is 126 cm³/mol. The second-order valence-electron chi connectivity index (χ2n) is 8.81. The Morgan fingerprint density at radius 3 is 2.09 bits per heavy atom. The molecule has 1 aliphatic rings. The van der Waals surface area contributed by atoms with Gasteiger partial charge in [-0.05, 0) is 34.1 Å². The van der Waals surface area contributed by atoms with Gasteiger partial charge in [0.1, 0.15) is 12.6 Å². The summed E-state index contributed by atoms with van der Waals surface area (Å²) in [4.78, 5) is 36.0. The average Bonchev–Trinajstić information content (AvgIpc) is 3.12. The minimum Gasteiger partial charge on any atom is -0.480 e. The van der Waals surface area contributed by atoms with Crippen LogP contribution in [0.3, 0.4) is 0 Å². The summed E-state index contributed by atoms with van der Waals surface area (Å²) in [6, 6.07) is 15.4. The lowest BCUT2D eigenvalue weighted by Gasteiger charge is -2.20. The molecule has 0 bridgehead atoms. The van der Waals surface area contributed by atoms with E-state index in [2.05, 4.69) is 34.9 Å². The number of carbonyl (C=O) groups is 3.